The van der Waals surface area contributed by atoms with Crippen molar-refractivity contribution >= 4 is 11.6 Å². The summed E-state index contributed by atoms with van der Waals surface area (Å²) in [5, 5.41) is 11.3. The average molecular weight is 378 g/mol. The Kier molecular flexibility index (Phi) is 5.90. The molecule has 1 heterocycles. The molecule has 1 unspecified atom stereocenters. The van der Waals surface area contributed by atoms with Gasteiger partial charge in [0, 0.05) is 11.3 Å². The molecule has 0 aliphatic carbocycles. The van der Waals surface area contributed by atoms with Crippen LogP contribution in [-0.4, -0.2) is 34.6 Å². The van der Waals surface area contributed by atoms with E-state index in [1.54, 1.807) is 0 Å². The van der Waals surface area contributed by atoms with Gasteiger partial charge in [-0.1, -0.05) is 29.8 Å². The van der Waals surface area contributed by atoms with Crippen molar-refractivity contribution < 1.29 is 9.21 Å². The van der Waals surface area contributed by atoms with Crippen LogP contribution in [0, 0.1) is 20.8 Å². The van der Waals surface area contributed by atoms with Gasteiger partial charge in [-0.05, 0) is 64.1 Å². The van der Waals surface area contributed by atoms with E-state index < -0.39 is 0 Å². The Hall–Kier alpha value is -2.99. The maximum Gasteiger partial charge on any atom is 0.247 e. The highest BCUT2D eigenvalue weighted by Crippen LogP contribution is 2.24. The van der Waals surface area contributed by atoms with Gasteiger partial charge < -0.3 is 9.73 Å². The lowest BCUT2D eigenvalue weighted by Crippen LogP contribution is -2.32. The number of anilines is 1. The van der Waals surface area contributed by atoms with Gasteiger partial charge >= 0.3 is 0 Å². The summed E-state index contributed by atoms with van der Waals surface area (Å²) in [4.78, 5) is 14.3. The number of benzene rings is 2. The lowest BCUT2D eigenvalue weighted by molar-refractivity contribution is -0.117. The van der Waals surface area contributed by atoms with Crippen molar-refractivity contribution in [3.05, 3.63) is 65.0 Å². The van der Waals surface area contributed by atoms with E-state index in [9.17, 15) is 4.79 Å². The summed E-state index contributed by atoms with van der Waals surface area (Å²) in [7, 11) is 1.86. The number of nitrogens with zero attached hydrogens (tertiary/aromatic N) is 3. The second-order valence-electron chi connectivity index (χ2n) is 7.20. The van der Waals surface area contributed by atoms with Crippen LogP contribution in [0.1, 0.15) is 35.5 Å². The molecule has 3 aromatic rings. The van der Waals surface area contributed by atoms with Crippen LogP contribution in [0.15, 0.2) is 46.9 Å². The van der Waals surface area contributed by atoms with Gasteiger partial charge in [-0.25, -0.2) is 0 Å². The van der Waals surface area contributed by atoms with E-state index in [1.165, 1.54) is 5.56 Å². The SMILES string of the molecule is Cc1ccc(-c2nnc(C(C)N(C)CC(=O)Nc3cccc(C)c3C)o2)cc1. The molecular formula is C22H26N4O2. The van der Waals surface area contributed by atoms with Crippen molar-refractivity contribution in [3.8, 4) is 11.5 Å². The molecule has 0 radical (unpaired) electrons. The Bertz CT molecular complexity index is 963. The minimum absolute atomic E-state index is 0.0821. The van der Waals surface area contributed by atoms with Crippen LogP contribution in [-0.2, 0) is 4.79 Å². The molecule has 0 fully saturated rings. The molecule has 0 saturated heterocycles. The Balaban J connectivity index is 1.64. The molecule has 1 atom stereocenters. The molecule has 0 bridgehead atoms. The first-order valence-corrected chi connectivity index (χ1v) is 9.32. The van der Waals surface area contributed by atoms with Gasteiger partial charge in [-0.3, -0.25) is 9.69 Å². The molecule has 6 nitrogen and oxygen atoms in total. The summed E-state index contributed by atoms with van der Waals surface area (Å²) >= 11 is 0. The Labute approximate surface area is 165 Å². The molecule has 28 heavy (non-hydrogen) atoms. The van der Waals surface area contributed by atoms with E-state index in [2.05, 4.69) is 15.5 Å². The van der Waals surface area contributed by atoms with E-state index in [-0.39, 0.29) is 18.5 Å². The second kappa shape index (κ2) is 8.35. The summed E-state index contributed by atoms with van der Waals surface area (Å²) in [6, 6.07) is 13.6. The van der Waals surface area contributed by atoms with Crippen LogP contribution in [0.5, 0.6) is 0 Å². The summed E-state index contributed by atoms with van der Waals surface area (Å²) < 4.78 is 5.83. The molecule has 2 aromatic carbocycles. The molecule has 6 heteroatoms. The number of aryl methyl sites for hydroxylation is 2. The molecule has 1 aromatic heterocycles. The van der Waals surface area contributed by atoms with E-state index in [4.69, 9.17) is 4.42 Å². The summed E-state index contributed by atoms with van der Waals surface area (Å²) in [6.45, 7) is 8.22. The van der Waals surface area contributed by atoms with Crippen molar-refractivity contribution in [2.75, 3.05) is 18.9 Å². The Morgan fingerprint density at radius 2 is 1.82 bits per heavy atom. The number of hydrogen-bond acceptors (Lipinski definition) is 5. The number of hydrogen-bond donors (Lipinski definition) is 1. The predicted molar refractivity (Wildman–Crippen MR) is 110 cm³/mol. The summed E-state index contributed by atoms with van der Waals surface area (Å²) in [5.41, 5.74) is 5.11. The third-order valence-corrected chi connectivity index (χ3v) is 5.03. The van der Waals surface area contributed by atoms with Crippen LogP contribution in [0.2, 0.25) is 0 Å². The summed E-state index contributed by atoms with van der Waals surface area (Å²) in [5.74, 6) is 0.883. The van der Waals surface area contributed by atoms with Gasteiger partial charge in [0.05, 0.1) is 12.6 Å². The highest BCUT2D eigenvalue weighted by atomic mass is 16.4. The molecule has 0 aliphatic rings. The zero-order valence-electron chi connectivity index (χ0n) is 17.0. The molecule has 1 N–H and O–H groups in total. The van der Waals surface area contributed by atoms with Crippen LogP contribution in [0.4, 0.5) is 5.69 Å². The maximum atomic E-state index is 12.5. The fourth-order valence-electron chi connectivity index (χ4n) is 2.84. The first-order valence-electron chi connectivity index (χ1n) is 9.32. The van der Waals surface area contributed by atoms with Crippen LogP contribution in [0.3, 0.4) is 0 Å². The molecule has 1 amide bonds. The fourth-order valence-corrected chi connectivity index (χ4v) is 2.84. The largest absolute Gasteiger partial charge is 0.419 e. The van der Waals surface area contributed by atoms with Crippen molar-refractivity contribution in [2.45, 2.75) is 33.7 Å². The van der Waals surface area contributed by atoms with Gasteiger partial charge in [0.25, 0.3) is 0 Å². The number of nitrogens with one attached hydrogen (secondary N) is 1. The van der Waals surface area contributed by atoms with E-state index >= 15 is 0 Å². The molecular weight excluding hydrogens is 352 g/mol. The zero-order valence-corrected chi connectivity index (χ0v) is 17.0. The number of carbonyl (C=O) groups excluding carboxylic acids is 1. The van der Waals surface area contributed by atoms with Gasteiger partial charge in [-0.15, -0.1) is 10.2 Å². The van der Waals surface area contributed by atoms with Gasteiger partial charge in [0.15, 0.2) is 0 Å². The van der Waals surface area contributed by atoms with Crippen LogP contribution >= 0.6 is 0 Å². The molecule has 3 rings (SSSR count). The minimum atomic E-state index is -0.184. The molecule has 0 spiro atoms. The molecule has 0 aliphatic heterocycles. The average Bonchev–Trinajstić information content (AvgIpc) is 3.15. The number of rotatable bonds is 6. The second-order valence-corrected chi connectivity index (χ2v) is 7.20. The van der Waals surface area contributed by atoms with Crippen molar-refractivity contribution in [1.29, 1.82) is 0 Å². The first kappa shape index (κ1) is 19.8. The predicted octanol–water partition coefficient (Wildman–Crippen LogP) is 4.29. The lowest BCUT2D eigenvalue weighted by Gasteiger charge is -2.21. The van der Waals surface area contributed by atoms with Crippen LogP contribution < -0.4 is 5.32 Å². The van der Waals surface area contributed by atoms with Crippen molar-refractivity contribution in [2.24, 2.45) is 0 Å². The third-order valence-electron chi connectivity index (χ3n) is 5.03. The number of amides is 1. The minimum Gasteiger partial charge on any atom is -0.419 e. The van der Waals surface area contributed by atoms with E-state index in [1.807, 2.05) is 82.1 Å². The number of likely N-dealkylation sites (N-methyl/N-ethyl adjacent to an activating group) is 1. The number of aromatic nitrogens is 2. The normalized spacial score (nSPS) is 12.2. The van der Waals surface area contributed by atoms with E-state index in [0.29, 0.717) is 11.8 Å². The molecule has 146 valence electrons. The van der Waals surface area contributed by atoms with E-state index in [0.717, 1.165) is 22.4 Å². The lowest BCUT2D eigenvalue weighted by atomic mass is 10.1. The smallest absolute Gasteiger partial charge is 0.247 e. The highest BCUT2D eigenvalue weighted by molar-refractivity contribution is 5.93. The Morgan fingerprint density at radius 3 is 2.54 bits per heavy atom. The molecule has 0 saturated carbocycles. The quantitative estimate of drug-likeness (QED) is 0.693. The standard InChI is InChI=1S/C22H26N4O2/c1-14-9-11-18(12-10-14)22-25-24-21(28-22)17(4)26(5)13-20(27)23-19-8-6-7-15(2)16(19)3/h6-12,17H,13H2,1-5H3,(H,23,27). The fraction of sp³-hybridized carbons (Fsp3) is 0.318. The van der Waals surface area contributed by atoms with Crippen molar-refractivity contribution in [3.63, 3.8) is 0 Å². The first-order chi connectivity index (χ1) is 13.3. The maximum absolute atomic E-state index is 12.5. The van der Waals surface area contributed by atoms with Crippen LogP contribution in [0.25, 0.3) is 11.5 Å². The monoisotopic (exact) mass is 378 g/mol. The zero-order chi connectivity index (χ0) is 20.3. The topological polar surface area (TPSA) is 71.3 Å². The van der Waals surface area contributed by atoms with Crippen molar-refractivity contribution in [1.82, 2.24) is 15.1 Å². The number of carbonyl (C=O) groups is 1. The third kappa shape index (κ3) is 4.46. The Morgan fingerprint density at radius 1 is 1.11 bits per heavy atom. The van der Waals surface area contributed by atoms with Gasteiger partial charge in [0.1, 0.15) is 0 Å². The van der Waals surface area contributed by atoms with Gasteiger partial charge in [-0.2, -0.15) is 0 Å². The highest BCUT2D eigenvalue weighted by Gasteiger charge is 2.21. The summed E-state index contributed by atoms with van der Waals surface area (Å²) in [6.07, 6.45) is 0. The van der Waals surface area contributed by atoms with Gasteiger partial charge in [0.2, 0.25) is 17.7 Å².